The van der Waals surface area contributed by atoms with Crippen LogP contribution in [-0.2, 0) is 7.05 Å². The van der Waals surface area contributed by atoms with Gasteiger partial charge in [0.15, 0.2) is 5.69 Å². The summed E-state index contributed by atoms with van der Waals surface area (Å²) in [6.07, 6.45) is 4.16. The number of halogens is 1. The van der Waals surface area contributed by atoms with Crippen LogP contribution in [0.1, 0.15) is 31.4 Å². The Hall–Kier alpha value is -3.52. The van der Waals surface area contributed by atoms with Crippen molar-refractivity contribution >= 4 is 22.7 Å². The molecular formula is C25H24FN5OS. The smallest absolute Gasteiger partial charge is 0.283 e. The Morgan fingerprint density at radius 3 is 2.39 bits per heavy atom. The number of nitrogens with zero attached hydrogens (tertiary/aromatic N) is 5. The molecule has 168 valence electrons. The highest BCUT2D eigenvalue weighted by molar-refractivity contribution is 7.07. The Balaban J connectivity index is 1.70. The van der Waals surface area contributed by atoms with E-state index in [9.17, 15) is 9.18 Å². The summed E-state index contributed by atoms with van der Waals surface area (Å²) in [6, 6.07) is 15.9. The van der Waals surface area contributed by atoms with Crippen LogP contribution < -0.4 is 10.4 Å². The fourth-order valence-electron chi connectivity index (χ4n) is 4.10. The van der Waals surface area contributed by atoms with E-state index in [1.54, 1.807) is 21.5 Å². The van der Waals surface area contributed by atoms with Gasteiger partial charge in [-0.3, -0.25) is 9.48 Å². The molecule has 4 aromatic rings. The number of thiazole rings is 1. The summed E-state index contributed by atoms with van der Waals surface area (Å²) < 4.78 is 18.7. The van der Waals surface area contributed by atoms with Crippen molar-refractivity contribution in [2.75, 3.05) is 0 Å². The molecule has 0 aliphatic heterocycles. The van der Waals surface area contributed by atoms with E-state index in [4.69, 9.17) is 10.1 Å². The molecule has 1 saturated carbocycles. The quantitative estimate of drug-likeness (QED) is 0.414. The van der Waals surface area contributed by atoms with Crippen LogP contribution in [0.15, 0.2) is 74.9 Å². The molecule has 1 aliphatic rings. The van der Waals surface area contributed by atoms with Gasteiger partial charge in [0.1, 0.15) is 5.82 Å². The van der Waals surface area contributed by atoms with Gasteiger partial charge in [0.2, 0.25) is 4.80 Å². The van der Waals surface area contributed by atoms with Crippen molar-refractivity contribution in [2.24, 2.45) is 17.1 Å². The number of hydrogen-bond donors (Lipinski definition) is 0. The summed E-state index contributed by atoms with van der Waals surface area (Å²) in [5.41, 5.74) is 4.54. The van der Waals surface area contributed by atoms with Gasteiger partial charge in [0, 0.05) is 23.7 Å². The maximum atomic E-state index is 13.5. The summed E-state index contributed by atoms with van der Waals surface area (Å²) in [6.45, 7) is 1.89. The highest BCUT2D eigenvalue weighted by atomic mass is 32.1. The van der Waals surface area contributed by atoms with Gasteiger partial charge in [-0.15, -0.1) is 11.3 Å². The Morgan fingerprint density at radius 1 is 1.00 bits per heavy atom. The zero-order valence-electron chi connectivity index (χ0n) is 18.5. The van der Waals surface area contributed by atoms with Crippen LogP contribution in [-0.4, -0.2) is 19.8 Å². The normalized spacial score (nSPS) is 14.3. The van der Waals surface area contributed by atoms with E-state index < -0.39 is 0 Å². The second-order valence-corrected chi connectivity index (χ2v) is 8.95. The van der Waals surface area contributed by atoms with Gasteiger partial charge < -0.3 is 0 Å². The van der Waals surface area contributed by atoms with Crippen molar-refractivity contribution in [3.05, 3.63) is 86.6 Å². The van der Waals surface area contributed by atoms with E-state index in [1.807, 2.05) is 54.4 Å². The molecule has 0 radical (unpaired) electrons. The second kappa shape index (κ2) is 8.78. The van der Waals surface area contributed by atoms with Gasteiger partial charge in [-0.25, -0.2) is 18.7 Å². The molecule has 1 aliphatic carbocycles. The molecule has 0 bridgehead atoms. The van der Waals surface area contributed by atoms with Gasteiger partial charge in [0.25, 0.3) is 5.56 Å². The summed E-state index contributed by atoms with van der Waals surface area (Å²) >= 11 is 1.42. The number of benzene rings is 2. The lowest BCUT2D eigenvalue weighted by atomic mass is 10.2. The summed E-state index contributed by atoms with van der Waals surface area (Å²) in [4.78, 5) is 18.8. The summed E-state index contributed by atoms with van der Waals surface area (Å²) in [5, 5.41) is 6.86. The highest BCUT2D eigenvalue weighted by Crippen LogP contribution is 2.23. The van der Waals surface area contributed by atoms with Crippen LogP contribution in [0, 0.1) is 12.7 Å². The third kappa shape index (κ3) is 4.02. The Morgan fingerprint density at radius 2 is 1.70 bits per heavy atom. The molecule has 0 N–H and O–H groups in total. The molecule has 0 amide bonds. The highest BCUT2D eigenvalue weighted by Gasteiger charge is 2.17. The molecule has 5 rings (SSSR count). The van der Waals surface area contributed by atoms with Crippen molar-refractivity contribution < 1.29 is 4.39 Å². The van der Waals surface area contributed by atoms with Gasteiger partial charge in [-0.05, 0) is 69.0 Å². The monoisotopic (exact) mass is 461 g/mol. The van der Waals surface area contributed by atoms with Crippen LogP contribution in [0.2, 0.25) is 0 Å². The van der Waals surface area contributed by atoms with E-state index in [1.165, 1.54) is 23.5 Å². The molecule has 0 atom stereocenters. The number of para-hydroxylation sites is 1. The van der Waals surface area contributed by atoms with E-state index in [0.29, 0.717) is 10.5 Å². The molecule has 2 aromatic heterocycles. The van der Waals surface area contributed by atoms with Crippen molar-refractivity contribution in [3.8, 4) is 16.9 Å². The fourth-order valence-corrected chi connectivity index (χ4v) is 4.93. The first-order chi connectivity index (χ1) is 16.0. The number of hydrogen-bond acceptors (Lipinski definition) is 4. The zero-order chi connectivity index (χ0) is 22.9. The van der Waals surface area contributed by atoms with Crippen LogP contribution in [0.25, 0.3) is 16.9 Å². The molecule has 0 saturated heterocycles. The third-order valence-corrected chi connectivity index (χ3v) is 6.79. The van der Waals surface area contributed by atoms with E-state index in [2.05, 4.69) is 0 Å². The largest absolute Gasteiger partial charge is 0.297 e. The minimum atomic E-state index is -0.283. The maximum absolute atomic E-state index is 13.5. The Labute approximate surface area is 194 Å². The molecular weight excluding hydrogens is 437 g/mol. The van der Waals surface area contributed by atoms with Gasteiger partial charge in [0.05, 0.1) is 17.1 Å². The fraction of sp³-hybridized carbons (Fsp3) is 0.240. The van der Waals surface area contributed by atoms with Crippen molar-refractivity contribution in [2.45, 2.75) is 32.6 Å². The standard InChI is InChI=1S/C25H24FN5OS/c1-17-23(24(32)31(29(17)2)21-10-4-3-5-11-21)27-25-30(28-20-8-6-7-9-20)22(16-33-25)18-12-14-19(26)15-13-18/h3-5,10-16H,6-9H2,1-2H3. The Kier molecular flexibility index (Phi) is 5.68. The average molecular weight is 462 g/mol. The van der Waals surface area contributed by atoms with Crippen molar-refractivity contribution in [3.63, 3.8) is 0 Å². The van der Waals surface area contributed by atoms with E-state index in [-0.39, 0.29) is 11.4 Å². The third-order valence-electron chi connectivity index (χ3n) is 5.98. The van der Waals surface area contributed by atoms with E-state index in [0.717, 1.165) is 54.0 Å². The zero-order valence-corrected chi connectivity index (χ0v) is 19.3. The molecule has 6 nitrogen and oxygen atoms in total. The molecule has 0 spiro atoms. The lowest BCUT2D eigenvalue weighted by Gasteiger charge is -2.07. The molecule has 2 heterocycles. The number of rotatable bonds is 4. The minimum Gasteiger partial charge on any atom is -0.283 e. The summed E-state index contributed by atoms with van der Waals surface area (Å²) in [7, 11) is 1.86. The Bertz CT molecular complexity index is 1450. The predicted molar refractivity (Wildman–Crippen MR) is 130 cm³/mol. The average Bonchev–Trinajstić information content (AvgIpc) is 3.53. The van der Waals surface area contributed by atoms with Crippen LogP contribution in [0.4, 0.5) is 10.1 Å². The number of aromatic nitrogens is 3. The van der Waals surface area contributed by atoms with Gasteiger partial charge in [-0.1, -0.05) is 18.2 Å². The first kappa shape index (κ1) is 21.3. The van der Waals surface area contributed by atoms with Crippen molar-refractivity contribution in [1.29, 1.82) is 0 Å². The van der Waals surface area contributed by atoms with E-state index >= 15 is 0 Å². The first-order valence-corrected chi connectivity index (χ1v) is 11.8. The van der Waals surface area contributed by atoms with Crippen LogP contribution in [0.3, 0.4) is 0 Å². The second-order valence-electron chi connectivity index (χ2n) is 8.12. The SMILES string of the molecule is Cc1c(N=c2scc(-c3ccc(F)cc3)n2N=C2CCCC2)c(=O)n(-c2ccccc2)n1C. The van der Waals surface area contributed by atoms with Crippen LogP contribution >= 0.6 is 11.3 Å². The van der Waals surface area contributed by atoms with Crippen molar-refractivity contribution in [1.82, 2.24) is 14.0 Å². The first-order valence-electron chi connectivity index (χ1n) is 10.9. The van der Waals surface area contributed by atoms with Gasteiger partial charge >= 0.3 is 0 Å². The lowest BCUT2D eigenvalue weighted by molar-refractivity contribution is 0.628. The maximum Gasteiger partial charge on any atom is 0.297 e. The predicted octanol–water partition coefficient (Wildman–Crippen LogP) is 5.16. The molecule has 33 heavy (non-hydrogen) atoms. The topological polar surface area (TPSA) is 56.6 Å². The summed E-state index contributed by atoms with van der Waals surface area (Å²) in [5.74, 6) is -0.283. The molecule has 8 heteroatoms. The minimum absolute atomic E-state index is 0.182. The molecule has 1 fully saturated rings. The van der Waals surface area contributed by atoms with Gasteiger partial charge in [-0.2, -0.15) is 5.10 Å². The van der Waals surface area contributed by atoms with Crippen LogP contribution in [0.5, 0.6) is 0 Å². The lowest BCUT2D eigenvalue weighted by Crippen LogP contribution is -2.20. The molecule has 2 aromatic carbocycles. The molecule has 0 unspecified atom stereocenters.